The zero-order valence-corrected chi connectivity index (χ0v) is 16.4. The topological polar surface area (TPSA) is 45.2 Å². The number of likely N-dealkylation sites (tertiary alicyclic amines) is 1. The predicted molar refractivity (Wildman–Crippen MR) is 114 cm³/mol. The van der Waals surface area contributed by atoms with E-state index in [0.29, 0.717) is 16.4 Å². The van der Waals surface area contributed by atoms with Crippen LogP contribution in [0.15, 0.2) is 42.5 Å². The Labute approximate surface area is 169 Å². The van der Waals surface area contributed by atoms with Crippen LogP contribution >= 0.6 is 11.6 Å². The number of nitrogens with one attached hydrogen (secondary N) is 1. The van der Waals surface area contributed by atoms with Crippen LogP contribution in [0.5, 0.6) is 0 Å². The molecule has 0 amide bonds. The van der Waals surface area contributed by atoms with Crippen LogP contribution in [0, 0.1) is 0 Å². The van der Waals surface area contributed by atoms with Gasteiger partial charge in [-0.15, -0.1) is 0 Å². The first-order valence-electron chi connectivity index (χ1n) is 9.96. The Kier molecular flexibility index (Phi) is 4.53. The van der Waals surface area contributed by atoms with Gasteiger partial charge in [0.1, 0.15) is 5.82 Å². The molecule has 0 saturated carbocycles. The third kappa shape index (κ3) is 2.97. The Hall–Kier alpha value is -2.43. The monoisotopic (exact) mass is 391 g/mol. The van der Waals surface area contributed by atoms with Crippen molar-refractivity contribution >= 4 is 34.1 Å². The number of rotatable bonds is 4. The fourth-order valence-corrected chi connectivity index (χ4v) is 4.58. The normalized spacial score (nSPS) is 16.2. The Bertz CT molecular complexity index is 1070. The molecule has 1 fully saturated rings. The van der Waals surface area contributed by atoms with Gasteiger partial charge in [0.15, 0.2) is 5.78 Å². The maximum atomic E-state index is 13.2. The number of benzene rings is 2. The third-order valence-corrected chi connectivity index (χ3v) is 6.02. The van der Waals surface area contributed by atoms with E-state index in [-0.39, 0.29) is 5.78 Å². The summed E-state index contributed by atoms with van der Waals surface area (Å²) in [6.45, 7) is 4.05. The highest BCUT2D eigenvalue weighted by Gasteiger charge is 2.32. The van der Waals surface area contributed by atoms with Gasteiger partial charge >= 0.3 is 0 Å². The van der Waals surface area contributed by atoms with E-state index in [9.17, 15) is 4.79 Å². The third-order valence-electron chi connectivity index (χ3n) is 5.79. The number of carbonyl (C=O) groups excluding carboxylic acids is 1. The minimum absolute atomic E-state index is 0.0513. The molecule has 142 valence electrons. The first kappa shape index (κ1) is 17.7. The van der Waals surface area contributed by atoms with Crippen LogP contribution in [0.1, 0.15) is 35.2 Å². The summed E-state index contributed by atoms with van der Waals surface area (Å²) in [5, 5.41) is 5.07. The number of hydrogen-bond acceptors (Lipinski definition) is 4. The first-order chi connectivity index (χ1) is 13.7. The molecule has 2 heterocycles. The van der Waals surface area contributed by atoms with Gasteiger partial charge in [-0.2, -0.15) is 0 Å². The van der Waals surface area contributed by atoms with Crippen molar-refractivity contribution in [3.63, 3.8) is 0 Å². The van der Waals surface area contributed by atoms with Crippen LogP contribution in [0.2, 0.25) is 5.02 Å². The van der Waals surface area contributed by atoms with Crippen molar-refractivity contribution in [3.05, 3.63) is 58.6 Å². The number of pyridine rings is 1. The zero-order valence-electron chi connectivity index (χ0n) is 15.7. The summed E-state index contributed by atoms with van der Waals surface area (Å²) in [5.74, 6) is 0.721. The number of nitrogens with zero attached hydrogens (tertiary/aromatic N) is 2. The van der Waals surface area contributed by atoms with E-state index in [1.165, 1.54) is 19.3 Å². The number of anilines is 1. The lowest BCUT2D eigenvalue weighted by Gasteiger charge is -2.26. The molecule has 5 rings (SSSR count). The molecular weight excluding hydrogens is 370 g/mol. The Morgan fingerprint density at radius 1 is 1.00 bits per heavy atom. The number of aromatic nitrogens is 1. The van der Waals surface area contributed by atoms with E-state index in [1.807, 2.05) is 42.5 Å². The van der Waals surface area contributed by atoms with Gasteiger partial charge in [0.05, 0.1) is 11.1 Å². The second kappa shape index (κ2) is 7.19. The molecule has 0 radical (unpaired) electrons. The van der Waals surface area contributed by atoms with Gasteiger partial charge in [-0.1, -0.05) is 48.4 Å². The number of piperidine rings is 1. The number of ketones is 1. The molecule has 1 saturated heterocycles. The summed E-state index contributed by atoms with van der Waals surface area (Å²) in [5.41, 5.74) is 4.21. The minimum atomic E-state index is 0.0513. The van der Waals surface area contributed by atoms with Gasteiger partial charge in [-0.05, 0) is 43.6 Å². The molecule has 1 aliphatic carbocycles. The minimum Gasteiger partial charge on any atom is -0.368 e. The lowest BCUT2D eigenvalue weighted by Crippen LogP contribution is -2.34. The van der Waals surface area contributed by atoms with E-state index < -0.39 is 0 Å². The van der Waals surface area contributed by atoms with E-state index in [2.05, 4.69) is 10.2 Å². The fraction of sp³-hybridized carbons (Fsp3) is 0.304. The summed E-state index contributed by atoms with van der Waals surface area (Å²) in [6, 6.07) is 13.5. The lowest BCUT2D eigenvalue weighted by molar-refractivity contribution is 0.104. The van der Waals surface area contributed by atoms with Crippen molar-refractivity contribution in [2.24, 2.45) is 0 Å². The van der Waals surface area contributed by atoms with Gasteiger partial charge in [0.25, 0.3) is 0 Å². The van der Waals surface area contributed by atoms with Crippen LogP contribution in [-0.2, 0) is 0 Å². The predicted octanol–water partition coefficient (Wildman–Crippen LogP) is 5.00. The highest BCUT2D eigenvalue weighted by Crippen LogP contribution is 2.44. The van der Waals surface area contributed by atoms with Gasteiger partial charge in [-0.3, -0.25) is 4.79 Å². The zero-order chi connectivity index (χ0) is 19.1. The second-order valence-electron chi connectivity index (χ2n) is 7.58. The maximum absolute atomic E-state index is 13.2. The van der Waals surface area contributed by atoms with Crippen molar-refractivity contribution in [1.82, 2.24) is 9.88 Å². The van der Waals surface area contributed by atoms with E-state index in [1.54, 1.807) is 0 Å². The molecule has 0 spiro atoms. The van der Waals surface area contributed by atoms with Crippen molar-refractivity contribution < 1.29 is 4.79 Å². The number of fused-ring (bicyclic) bond motifs is 5. The molecule has 2 aromatic carbocycles. The maximum Gasteiger partial charge on any atom is 0.198 e. The standard InChI is InChI=1S/C23H22ClN3O/c24-15-8-9-18-19(14-15)26-23(25-10-13-27-11-4-1-5-12-27)21-20(18)16-6-2-3-7-17(16)22(21)28/h2-3,6-9,14H,1,4-5,10-13H2,(H,25,26). The van der Waals surface area contributed by atoms with Crippen molar-refractivity contribution in [3.8, 4) is 11.1 Å². The average Bonchev–Trinajstić information content (AvgIpc) is 3.02. The summed E-state index contributed by atoms with van der Waals surface area (Å²) in [4.78, 5) is 20.4. The van der Waals surface area contributed by atoms with E-state index in [4.69, 9.17) is 16.6 Å². The molecule has 0 unspecified atom stereocenters. The molecule has 1 N–H and O–H groups in total. The van der Waals surface area contributed by atoms with Gasteiger partial charge in [-0.25, -0.2) is 4.98 Å². The van der Waals surface area contributed by atoms with Crippen LogP contribution in [0.4, 0.5) is 5.82 Å². The lowest BCUT2D eigenvalue weighted by atomic mass is 10.0. The molecular formula is C23H22ClN3O. The van der Waals surface area contributed by atoms with Gasteiger partial charge in [0.2, 0.25) is 0 Å². The summed E-state index contributed by atoms with van der Waals surface area (Å²) < 4.78 is 0. The number of hydrogen-bond donors (Lipinski definition) is 1. The Balaban J connectivity index is 1.55. The quantitative estimate of drug-likeness (QED) is 0.532. The summed E-state index contributed by atoms with van der Waals surface area (Å²) >= 11 is 6.22. The van der Waals surface area contributed by atoms with Crippen molar-refractivity contribution in [1.29, 1.82) is 0 Å². The smallest absolute Gasteiger partial charge is 0.198 e. The highest BCUT2D eigenvalue weighted by atomic mass is 35.5. The fourth-order valence-electron chi connectivity index (χ4n) is 4.42. The molecule has 0 atom stereocenters. The van der Waals surface area contributed by atoms with E-state index >= 15 is 0 Å². The number of halogens is 1. The van der Waals surface area contributed by atoms with Crippen LogP contribution in [0.3, 0.4) is 0 Å². The molecule has 3 aromatic rings. The second-order valence-corrected chi connectivity index (χ2v) is 8.01. The molecule has 5 heteroatoms. The van der Waals surface area contributed by atoms with Crippen LogP contribution in [-0.4, -0.2) is 41.8 Å². The van der Waals surface area contributed by atoms with Crippen molar-refractivity contribution in [2.45, 2.75) is 19.3 Å². The van der Waals surface area contributed by atoms with Crippen LogP contribution in [0.25, 0.3) is 22.0 Å². The highest BCUT2D eigenvalue weighted by molar-refractivity contribution is 6.32. The van der Waals surface area contributed by atoms with Gasteiger partial charge in [0, 0.05) is 34.6 Å². The first-order valence-corrected chi connectivity index (χ1v) is 10.3. The van der Waals surface area contributed by atoms with Gasteiger partial charge < -0.3 is 10.2 Å². The molecule has 28 heavy (non-hydrogen) atoms. The molecule has 4 nitrogen and oxygen atoms in total. The summed E-state index contributed by atoms with van der Waals surface area (Å²) in [6.07, 6.45) is 3.88. The number of carbonyl (C=O) groups is 1. The summed E-state index contributed by atoms with van der Waals surface area (Å²) in [7, 11) is 0. The average molecular weight is 392 g/mol. The molecule has 0 bridgehead atoms. The van der Waals surface area contributed by atoms with Crippen LogP contribution < -0.4 is 5.32 Å². The molecule has 1 aromatic heterocycles. The molecule has 2 aliphatic rings. The Morgan fingerprint density at radius 2 is 1.79 bits per heavy atom. The largest absolute Gasteiger partial charge is 0.368 e. The molecule has 1 aliphatic heterocycles. The Morgan fingerprint density at radius 3 is 2.61 bits per heavy atom. The SMILES string of the molecule is O=C1c2ccccc2-c2c1c(NCCN1CCCCC1)nc1cc(Cl)ccc21. The van der Waals surface area contributed by atoms with E-state index in [0.717, 1.165) is 53.8 Å². The van der Waals surface area contributed by atoms with Crippen molar-refractivity contribution in [2.75, 3.05) is 31.5 Å².